The molecule has 0 aromatic heterocycles. The molecule has 1 rings (SSSR count). The van der Waals surface area contributed by atoms with Gasteiger partial charge in [0.1, 0.15) is 6.29 Å². The number of carboxylic acids is 1. The average Bonchev–Trinajstić information content (AvgIpc) is 2.45. The SMILES string of the molecule is N[C@H](C=O)C(CC(=O)O)Nc1ccc([N+](=O)[O-])c(CCO)c1. The number of aliphatic hydroxyl groups is 1. The molecule has 1 aromatic rings. The van der Waals surface area contributed by atoms with Gasteiger partial charge in [-0.2, -0.15) is 0 Å². The van der Waals surface area contributed by atoms with Crippen molar-refractivity contribution in [3.63, 3.8) is 0 Å². The molecule has 0 radical (unpaired) electrons. The second kappa shape index (κ2) is 8.05. The molecule has 22 heavy (non-hydrogen) atoms. The van der Waals surface area contributed by atoms with E-state index in [1.54, 1.807) is 0 Å². The highest BCUT2D eigenvalue weighted by Crippen LogP contribution is 2.24. The molecule has 9 nitrogen and oxygen atoms in total. The van der Waals surface area contributed by atoms with E-state index >= 15 is 0 Å². The number of aldehydes is 1. The largest absolute Gasteiger partial charge is 0.481 e. The van der Waals surface area contributed by atoms with Crippen LogP contribution in [0, 0.1) is 10.1 Å². The number of nitro benzene ring substituents is 1. The Bertz CT molecular complexity index is 563. The van der Waals surface area contributed by atoms with Crippen molar-refractivity contribution in [2.24, 2.45) is 5.73 Å². The summed E-state index contributed by atoms with van der Waals surface area (Å²) in [7, 11) is 0. The normalized spacial score (nSPS) is 13.2. The number of nitrogens with zero attached hydrogens (tertiary/aromatic N) is 1. The summed E-state index contributed by atoms with van der Waals surface area (Å²) in [5.41, 5.74) is 6.09. The number of aliphatic hydroxyl groups excluding tert-OH is 1. The number of anilines is 1. The van der Waals surface area contributed by atoms with Crippen molar-refractivity contribution < 1.29 is 24.7 Å². The third-order valence-corrected chi connectivity index (χ3v) is 3.03. The molecule has 0 heterocycles. The van der Waals surface area contributed by atoms with Gasteiger partial charge in [-0.1, -0.05) is 0 Å². The fourth-order valence-electron chi connectivity index (χ4n) is 1.95. The lowest BCUT2D eigenvalue weighted by Gasteiger charge is -2.21. The van der Waals surface area contributed by atoms with Gasteiger partial charge in [0.2, 0.25) is 0 Å². The van der Waals surface area contributed by atoms with Gasteiger partial charge < -0.3 is 26.1 Å². The molecule has 9 heteroatoms. The summed E-state index contributed by atoms with van der Waals surface area (Å²) in [6, 6.07) is 2.19. The van der Waals surface area contributed by atoms with Gasteiger partial charge in [-0.25, -0.2) is 0 Å². The van der Waals surface area contributed by atoms with Crippen LogP contribution in [0.5, 0.6) is 0 Å². The van der Waals surface area contributed by atoms with Gasteiger partial charge in [0.25, 0.3) is 5.69 Å². The molecule has 0 aliphatic heterocycles. The first-order valence-corrected chi connectivity index (χ1v) is 6.46. The number of hydrogen-bond acceptors (Lipinski definition) is 7. The van der Waals surface area contributed by atoms with Crippen molar-refractivity contribution in [3.8, 4) is 0 Å². The Morgan fingerprint density at radius 1 is 1.50 bits per heavy atom. The Morgan fingerprint density at radius 2 is 2.18 bits per heavy atom. The van der Waals surface area contributed by atoms with Crippen LogP contribution < -0.4 is 11.1 Å². The first-order chi connectivity index (χ1) is 10.4. The fourth-order valence-corrected chi connectivity index (χ4v) is 1.95. The van der Waals surface area contributed by atoms with E-state index < -0.39 is 23.0 Å². The van der Waals surface area contributed by atoms with Crippen molar-refractivity contribution in [3.05, 3.63) is 33.9 Å². The minimum absolute atomic E-state index is 0.0785. The van der Waals surface area contributed by atoms with Crippen molar-refractivity contribution in [2.45, 2.75) is 24.9 Å². The Morgan fingerprint density at radius 3 is 2.68 bits per heavy atom. The van der Waals surface area contributed by atoms with E-state index in [0.29, 0.717) is 17.5 Å². The summed E-state index contributed by atoms with van der Waals surface area (Å²) in [6.45, 7) is -0.267. The molecule has 0 bridgehead atoms. The number of carboxylic acid groups (broad SMARTS) is 1. The number of carbonyl (C=O) groups excluding carboxylic acids is 1. The number of aliphatic carboxylic acids is 1. The topological polar surface area (TPSA) is 156 Å². The van der Waals surface area contributed by atoms with E-state index in [0.717, 1.165) is 0 Å². The van der Waals surface area contributed by atoms with Crippen molar-refractivity contribution in [1.82, 2.24) is 0 Å². The van der Waals surface area contributed by atoms with Crippen molar-refractivity contribution in [1.29, 1.82) is 0 Å². The van der Waals surface area contributed by atoms with Crippen LogP contribution in [0.3, 0.4) is 0 Å². The van der Waals surface area contributed by atoms with Crippen LogP contribution in [0.25, 0.3) is 0 Å². The maximum atomic E-state index is 10.9. The van der Waals surface area contributed by atoms with E-state index in [1.807, 2.05) is 0 Å². The van der Waals surface area contributed by atoms with E-state index in [1.165, 1.54) is 18.2 Å². The molecule has 0 aliphatic rings. The number of hydrogen-bond donors (Lipinski definition) is 4. The lowest BCUT2D eigenvalue weighted by molar-refractivity contribution is -0.385. The maximum absolute atomic E-state index is 10.9. The summed E-state index contributed by atoms with van der Waals surface area (Å²) >= 11 is 0. The summed E-state index contributed by atoms with van der Waals surface area (Å²) < 4.78 is 0. The molecule has 0 aliphatic carbocycles. The summed E-state index contributed by atoms with van der Waals surface area (Å²) in [5, 5.41) is 31.5. The zero-order chi connectivity index (χ0) is 16.7. The molecule has 0 amide bonds. The molecule has 0 saturated carbocycles. The van der Waals surface area contributed by atoms with E-state index in [9.17, 15) is 19.7 Å². The van der Waals surface area contributed by atoms with Crippen LogP contribution >= 0.6 is 0 Å². The number of rotatable bonds is 9. The van der Waals surface area contributed by atoms with E-state index in [4.69, 9.17) is 15.9 Å². The van der Waals surface area contributed by atoms with Crippen LogP contribution in [0.4, 0.5) is 11.4 Å². The number of nitrogens with one attached hydrogen (secondary N) is 1. The minimum Gasteiger partial charge on any atom is -0.481 e. The van der Waals surface area contributed by atoms with E-state index in [-0.39, 0.29) is 25.1 Å². The molecule has 0 fully saturated rings. The molecule has 0 spiro atoms. The number of carbonyl (C=O) groups is 2. The lowest BCUT2D eigenvalue weighted by atomic mass is 10.0. The number of benzene rings is 1. The van der Waals surface area contributed by atoms with Crippen LogP contribution in [-0.4, -0.2) is 46.1 Å². The van der Waals surface area contributed by atoms with Crippen LogP contribution in [-0.2, 0) is 16.0 Å². The van der Waals surface area contributed by atoms with Crippen molar-refractivity contribution >= 4 is 23.6 Å². The minimum atomic E-state index is -1.13. The Kier molecular flexibility index (Phi) is 6.42. The average molecular weight is 311 g/mol. The van der Waals surface area contributed by atoms with Gasteiger partial charge >= 0.3 is 5.97 Å². The molecule has 2 atom stereocenters. The third-order valence-electron chi connectivity index (χ3n) is 3.03. The second-order valence-electron chi connectivity index (χ2n) is 4.64. The number of nitrogens with two attached hydrogens (primary N) is 1. The van der Waals surface area contributed by atoms with Crippen molar-refractivity contribution in [2.75, 3.05) is 11.9 Å². The summed E-state index contributed by atoms with van der Waals surface area (Å²) in [6.07, 6.45) is 0.127. The predicted octanol–water partition coefficient (Wildman–Crippen LogP) is -0.0890. The first-order valence-electron chi connectivity index (χ1n) is 6.46. The third kappa shape index (κ3) is 4.79. The van der Waals surface area contributed by atoms with Gasteiger partial charge in [0, 0.05) is 30.3 Å². The first kappa shape index (κ1) is 17.5. The Hall–Kier alpha value is -2.52. The van der Waals surface area contributed by atoms with Crippen LogP contribution in [0.2, 0.25) is 0 Å². The quantitative estimate of drug-likeness (QED) is 0.280. The smallest absolute Gasteiger partial charge is 0.305 e. The zero-order valence-corrected chi connectivity index (χ0v) is 11.6. The molecule has 1 unspecified atom stereocenters. The summed E-state index contributed by atoms with van der Waals surface area (Å²) in [5.74, 6) is -1.13. The molecule has 5 N–H and O–H groups in total. The predicted molar refractivity (Wildman–Crippen MR) is 77.6 cm³/mol. The molecule has 120 valence electrons. The molecular weight excluding hydrogens is 294 g/mol. The summed E-state index contributed by atoms with van der Waals surface area (Å²) in [4.78, 5) is 31.9. The van der Waals surface area contributed by atoms with Gasteiger partial charge in [-0.3, -0.25) is 14.9 Å². The Balaban J connectivity index is 3.03. The van der Waals surface area contributed by atoms with E-state index in [2.05, 4.69) is 5.32 Å². The molecule has 0 saturated heterocycles. The van der Waals surface area contributed by atoms with Gasteiger partial charge in [-0.15, -0.1) is 0 Å². The van der Waals surface area contributed by atoms with Crippen LogP contribution in [0.1, 0.15) is 12.0 Å². The zero-order valence-electron chi connectivity index (χ0n) is 11.6. The highest BCUT2D eigenvalue weighted by molar-refractivity contribution is 5.71. The number of nitro groups is 1. The fraction of sp³-hybridized carbons (Fsp3) is 0.385. The highest BCUT2D eigenvalue weighted by Gasteiger charge is 2.21. The lowest BCUT2D eigenvalue weighted by Crippen LogP contribution is -2.42. The van der Waals surface area contributed by atoms with Gasteiger partial charge in [0.15, 0.2) is 0 Å². The van der Waals surface area contributed by atoms with Gasteiger partial charge in [-0.05, 0) is 12.1 Å². The molecular formula is C13H17N3O6. The maximum Gasteiger partial charge on any atom is 0.305 e. The van der Waals surface area contributed by atoms with Crippen LogP contribution in [0.15, 0.2) is 18.2 Å². The highest BCUT2D eigenvalue weighted by atomic mass is 16.6. The van der Waals surface area contributed by atoms with Gasteiger partial charge in [0.05, 0.1) is 23.4 Å². The standard InChI is InChI=1S/C13H17N3O6/c14-10(7-18)11(6-13(19)20)15-9-1-2-12(16(21)22)8(5-9)3-4-17/h1-2,5,7,10-11,15,17H,3-4,6,14H2,(H,19,20)/t10-,11?/m1/s1. The molecule has 1 aromatic carbocycles. The second-order valence-corrected chi connectivity index (χ2v) is 4.64. The Labute approximate surface area is 125 Å². The monoisotopic (exact) mass is 311 g/mol.